The van der Waals surface area contributed by atoms with Gasteiger partial charge in [0.1, 0.15) is 0 Å². The highest BCUT2D eigenvalue weighted by atomic mass is 16.5. The van der Waals surface area contributed by atoms with Gasteiger partial charge in [0.15, 0.2) is 0 Å². The monoisotopic (exact) mass is 224 g/mol. The van der Waals surface area contributed by atoms with Crippen molar-refractivity contribution >= 4 is 5.69 Å². The molecule has 0 amide bonds. The van der Waals surface area contributed by atoms with Gasteiger partial charge < -0.3 is 14.8 Å². The molecule has 4 heteroatoms. The molecule has 0 spiro atoms. The molecule has 0 fully saturated rings. The Kier molecular flexibility index (Phi) is 5.64. The van der Waals surface area contributed by atoms with Crippen LogP contribution in [0.2, 0.25) is 0 Å². The fourth-order valence-corrected chi connectivity index (χ4v) is 1.24. The summed E-state index contributed by atoms with van der Waals surface area (Å²) in [5.74, 6) is 0.647. The maximum Gasteiger partial charge on any atom is 0.237 e. The van der Waals surface area contributed by atoms with Crippen LogP contribution in [0.25, 0.3) is 0 Å². The number of ether oxygens (including phenoxy) is 2. The van der Waals surface area contributed by atoms with Gasteiger partial charge in [0.05, 0.1) is 18.4 Å². The summed E-state index contributed by atoms with van der Waals surface area (Å²) in [4.78, 5) is 4.19. The van der Waals surface area contributed by atoms with Crippen LogP contribution >= 0.6 is 0 Å². The van der Waals surface area contributed by atoms with Crippen LogP contribution in [0.5, 0.6) is 5.88 Å². The molecule has 0 bridgehead atoms. The van der Waals surface area contributed by atoms with Crippen LogP contribution in [-0.4, -0.2) is 30.8 Å². The first-order chi connectivity index (χ1) is 7.74. The number of nitrogens with one attached hydrogen (secondary N) is 1. The number of aromatic nitrogens is 1. The molecule has 1 rings (SSSR count). The van der Waals surface area contributed by atoms with Crippen molar-refractivity contribution in [3.8, 4) is 5.88 Å². The van der Waals surface area contributed by atoms with E-state index in [1.165, 1.54) is 0 Å². The van der Waals surface area contributed by atoms with Crippen LogP contribution in [0, 0.1) is 0 Å². The molecule has 16 heavy (non-hydrogen) atoms. The maximum atomic E-state index is 5.59. The molecule has 1 aromatic rings. The highest BCUT2D eigenvalue weighted by Crippen LogP contribution is 2.21. The summed E-state index contributed by atoms with van der Waals surface area (Å²) in [6.45, 7) is 8.14. The zero-order chi connectivity index (χ0) is 11.8. The second-order valence-corrected chi connectivity index (χ2v) is 3.65. The van der Waals surface area contributed by atoms with Gasteiger partial charge in [0.2, 0.25) is 5.88 Å². The first-order valence-corrected chi connectivity index (χ1v) is 5.67. The predicted octanol–water partition coefficient (Wildman–Crippen LogP) is 2.32. The molecule has 4 nitrogen and oxygen atoms in total. The smallest absolute Gasteiger partial charge is 0.237 e. The van der Waals surface area contributed by atoms with E-state index in [0.29, 0.717) is 12.5 Å². The first kappa shape index (κ1) is 12.8. The fourth-order valence-electron chi connectivity index (χ4n) is 1.24. The Balaban J connectivity index is 2.50. The normalized spacial score (nSPS) is 10.5. The molecule has 1 heterocycles. The summed E-state index contributed by atoms with van der Waals surface area (Å²) in [6, 6.07) is 3.84. The molecule has 0 saturated carbocycles. The summed E-state index contributed by atoms with van der Waals surface area (Å²) in [6.07, 6.45) is 1.85. The molecule has 0 aliphatic heterocycles. The summed E-state index contributed by atoms with van der Waals surface area (Å²) in [5.41, 5.74) is 0.913. The Labute approximate surface area is 97.0 Å². The predicted molar refractivity (Wildman–Crippen MR) is 65.0 cm³/mol. The van der Waals surface area contributed by atoms with Crippen LogP contribution in [0.15, 0.2) is 18.3 Å². The van der Waals surface area contributed by atoms with Gasteiger partial charge >= 0.3 is 0 Å². The van der Waals surface area contributed by atoms with E-state index in [4.69, 9.17) is 9.47 Å². The Bertz CT molecular complexity index is 303. The topological polar surface area (TPSA) is 43.4 Å². The number of nitrogens with zero attached hydrogens (tertiary/aromatic N) is 1. The molecular formula is C12H20N2O2. The van der Waals surface area contributed by atoms with E-state index in [1.807, 2.05) is 32.9 Å². The second kappa shape index (κ2) is 7.06. The summed E-state index contributed by atoms with van der Waals surface area (Å²) in [7, 11) is 0. The highest BCUT2D eigenvalue weighted by Gasteiger charge is 2.05. The average molecular weight is 224 g/mol. The third-order valence-corrected chi connectivity index (χ3v) is 1.88. The third kappa shape index (κ3) is 4.49. The minimum absolute atomic E-state index is 0.127. The van der Waals surface area contributed by atoms with Crippen molar-refractivity contribution in [2.75, 3.05) is 25.1 Å². The third-order valence-electron chi connectivity index (χ3n) is 1.88. The van der Waals surface area contributed by atoms with E-state index < -0.39 is 0 Å². The first-order valence-electron chi connectivity index (χ1n) is 5.67. The van der Waals surface area contributed by atoms with Gasteiger partial charge in [0.25, 0.3) is 0 Å². The number of pyridine rings is 1. The standard InChI is InChI=1S/C12H20N2O2/c1-4-15-9-8-13-11-6-5-7-14-12(11)16-10(2)3/h5-7,10,13H,4,8-9H2,1-3H3. The van der Waals surface area contributed by atoms with Gasteiger partial charge in [0, 0.05) is 19.3 Å². The molecule has 0 atom stereocenters. The van der Waals surface area contributed by atoms with E-state index in [-0.39, 0.29) is 6.10 Å². The number of rotatable bonds is 7. The van der Waals surface area contributed by atoms with Crippen LogP contribution in [0.4, 0.5) is 5.69 Å². The second-order valence-electron chi connectivity index (χ2n) is 3.65. The molecule has 0 unspecified atom stereocenters. The SMILES string of the molecule is CCOCCNc1cccnc1OC(C)C. The van der Waals surface area contributed by atoms with Crippen LogP contribution in [-0.2, 0) is 4.74 Å². The average Bonchev–Trinajstić information content (AvgIpc) is 2.26. The molecule has 90 valence electrons. The zero-order valence-corrected chi connectivity index (χ0v) is 10.2. The Morgan fingerprint density at radius 3 is 2.94 bits per heavy atom. The lowest BCUT2D eigenvalue weighted by atomic mass is 10.4. The molecule has 0 aliphatic carbocycles. The molecule has 1 N–H and O–H groups in total. The van der Waals surface area contributed by atoms with E-state index in [9.17, 15) is 0 Å². The molecule has 0 radical (unpaired) electrons. The van der Waals surface area contributed by atoms with Crippen molar-refractivity contribution in [2.45, 2.75) is 26.9 Å². The minimum atomic E-state index is 0.127. The molecular weight excluding hydrogens is 204 g/mol. The van der Waals surface area contributed by atoms with Crippen molar-refractivity contribution in [3.63, 3.8) is 0 Å². The van der Waals surface area contributed by atoms with E-state index >= 15 is 0 Å². The van der Waals surface area contributed by atoms with Gasteiger partial charge in [-0.25, -0.2) is 4.98 Å². The fraction of sp³-hybridized carbons (Fsp3) is 0.583. The molecule has 0 aliphatic rings. The van der Waals surface area contributed by atoms with Crippen molar-refractivity contribution in [3.05, 3.63) is 18.3 Å². The van der Waals surface area contributed by atoms with Crippen molar-refractivity contribution in [2.24, 2.45) is 0 Å². The molecule has 0 saturated heterocycles. The molecule has 1 aromatic heterocycles. The lowest BCUT2D eigenvalue weighted by Gasteiger charge is -2.13. The summed E-state index contributed by atoms with van der Waals surface area (Å²) in [5, 5.41) is 3.24. The van der Waals surface area contributed by atoms with Crippen molar-refractivity contribution < 1.29 is 9.47 Å². The van der Waals surface area contributed by atoms with Crippen LogP contribution in [0.1, 0.15) is 20.8 Å². The maximum absolute atomic E-state index is 5.59. The largest absolute Gasteiger partial charge is 0.473 e. The van der Waals surface area contributed by atoms with Crippen LogP contribution in [0.3, 0.4) is 0 Å². The quantitative estimate of drug-likeness (QED) is 0.722. The van der Waals surface area contributed by atoms with E-state index in [0.717, 1.165) is 18.8 Å². The Morgan fingerprint density at radius 2 is 2.25 bits per heavy atom. The number of hydrogen-bond acceptors (Lipinski definition) is 4. The van der Waals surface area contributed by atoms with Gasteiger partial charge in [-0.1, -0.05) is 0 Å². The minimum Gasteiger partial charge on any atom is -0.473 e. The van der Waals surface area contributed by atoms with Gasteiger partial charge in [-0.05, 0) is 32.9 Å². The van der Waals surface area contributed by atoms with Crippen LogP contribution < -0.4 is 10.1 Å². The lowest BCUT2D eigenvalue weighted by molar-refractivity contribution is 0.158. The van der Waals surface area contributed by atoms with Gasteiger partial charge in [-0.3, -0.25) is 0 Å². The van der Waals surface area contributed by atoms with Gasteiger partial charge in [-0.2, -0.15) is 0 Å². The van der Waals surface area contributed by atoms with E-state index in [1.54, 1.807) is 6.20 Å². The van der Waals surface area contributed by atoms with Crippen molar-refractivity contribution in [1.29, 1.82) is 0 Å². The number of anilines is 1. The summed E-state index contributed by atoms with van der Waals surface area (Å²) >= 11 is 0. The van der Waals surface area contributed by atoms with E-state index in [2.05, 4.69) is 10.3 Å². The lowest BCUT2D eigenvalue weighted by Crippen LogP contribution is -2.13. The molecule has 0 aromatic carbocycles. The Morgan fingerprint density at radius 1 is 1.44 bits per heavy atom. The highest BCUT2D eigenvalue weighted by molar-refractivity contribution is 5.51. The Hall–Kier alpha value is -1.29. The zero-order valence-electron chi connectivity index (χ0n) is 10.2. The van der Waals surface area contributed by atoms with Gasteiger partial charge in [-0.15, -0.1) is 0 Å². The summed E-state index contributed by atoms with van der Waals surface area (Å²) < 4.78 is 10.8. The van der Waals surface area contributed by atoms with Crippen molar-refractivity contribution in [1.82, 2.24) is 4.98 Å². The number of hydrogen-bond donors (Lipinski definition) is 1.